The highest BCUT2D eigenvalue weighted by atomic mass is 16.1. The molecule has 32 heavy (non-hydrogen) atoms. The molecule has 1 aliphatic rings. The topological polar surface area (TPSA) is 66.8 Å². The molecule has 1 saturated heterocycles. The SMILES string of the molecule is Cn1ccnc1C(=O)[C@@H]1CCCN(Cc2cn[nH]c2-c2ccc(-c3ccccc3)cc2)C1. The van der Waals surface area contributed by atoms with Crippen LogP contribution in [-0.2, 0) is 13.6 Å². The van der Waals surface area contributed by atoms with Crippen molar-refractivity contribution in [3.8, 4) is 22.4 Å². The summed E-state index contributed by atoms with van der Waals surface area (Å²) in [6, 6.07) is 19.0. The number of aromatic amines is 1. The lowest BCUT2D eigenvalue weighted by atomic mass is 9.93. The maximum absolute atomic E-state index is 12.9. The van der Waals surface area contributed by atoms with E-state index in [1.54, 1.807) is 6.20 Å². The number of likely N-dealkylation sites (tertiary alicyclic amines) is 1. The Morgan fingerprint density at radius 2 is 1.81 bits per heavy atom. The summed E-state index contributed by atoms with van der Waals surface area (Å²) in [4.78, 5) is 19.6. The molecule has 1 atom stereocenters. The number of benzene rings is 2. The van der Waals surface area contributed by atoms with Crippen LogP contribution in [-0.4, -0.2) is 43.5 Å². The van der Waals surface area contributed by atoms with Gasteiger partial charge in [0.05, 0.1) is 11.9 Å². The van der Waals surface area contributed by atoms with Gasteiger partial charge in [-0.1, -0.05) is 54.6 Å². The Bertz CT molecular complexity index is 1190. The Hall–Kier alpha value is -3.51. The number of Topliss-reactive ketones (excluding diaryl/α,β-unsaturated/α-hetero) is 1. The fourth-order valence-electron chi connectivity index (χ4n) is 4.58. The van der Waals surface area contributed by atoms with Gasteiger partial charge in [-0.25, -0.2) is 4.98 Å². The van der Waals surface area contributed by atoms with Crippen molar-refractivity contribution in [1.29, 1.82) is 0 Å². The minimum Gasteiger partial charge on any atom is -0.332 e. The average molecular weight is 426 g/mol. The van der Waals surface area contributed by atoms with Crippen LogP contribution < -0.4 is 0 Å². The van der Waals surface area contributed by atoms with E-state index in [9.17, 15) is 4.79 Å². The standard InChI is InChI=1S/C26H27N5O/c1-30-15-13-27-26(30)25(32)22-8-5-14-31(17-22)18-23-16-28-29-24(23)21-11-9-20(10-12-21)19-6-3-2-4-7-19/h2-4,6-7,9-13,15-16,22H,5,8,14,17-18H2,1H3,(H,28,29)/t22-/m1/s1. The van der Waals surface area contributed by atoms with Crippen molar-refractivity contribution in [2.24, 2.45) is 13.0 Å². The molecule has 0 bridgehead atoms. The van der Waals surface area contributed by atoms with Gasteiger partial charge in [0, 0.05) is 44.0 Å². The number of carbonyl (C=O) groups is 1. The first-order valence-electron chi connectivity index (χ1n) is 11.1. The van der Waals surface area contributed by atoms with Gasteiger partial charge in [0.25, 0.3) is 0 Å². The van der Waals surface area contributed by atoms with Gasteiger partial charge in [0.2, 0.25) is 5.78 Å². The number of hydrogen-bond donors (Lipinski definition) is 1. The van der Waals surface area contributed by atoms with Crippen LogP contribution in [0.5, 0.6) is 0 Å². The molecular weight excluding hydrogens is 398 g/mol. The molecule has 6 heteroatoms. The van der Waals surface area contributed by atoms with Crippen molar-refractivity contribution >= 4 is 5.78 Å². The van der Waals surface area contributed by atoms with Crippen LogP contribution in [0.25, 0.3) is 22.4 Å². The molecule has 4 aromatic rings. The molecule has 1 fully saturated rings. The number of nitrogens with one attached hydrogen (secondary N) is 1. The molecule has 0 saturated carbocycles. The quantitative estimate of drug-likeness (QED) is 0.460. The highest BCUT2D eigenvalue weighted by molar-refractivity contribution is 5.95. The van der Waals surface area contributed by atoms with Crippen molar-refractivity contribution in [2.75, 3.05) is 13.1 Å². The third-order valence-corrected chi connectivity index (χ3v) is 6.31. The van der Waals surface area contributed by atoms with Crippen molar-refractivity contribution in [3.63, 3.8) is 0 Å². The monoisotopic (exact) mass is 425 g/mol. The number of aryl methyl sites for hydroxylation is 1. The second kappa shape index (κ2) is 8.93. The Morgan fingerprint density at radius 3 is 2.56 bits per heavy atom. The Labute approximate surface area is 187 Å². The minimum atomic E-state index is -0.00893. The molecule has 0 unspecified atom stereocenters. The molecular formula is C26H27N5O. The van der Waals surface area contributed by atoms with Gasteiger partial charge in [0.15, 0.2) is 5.82 Å². The Morgan fingerprint density at radius 1 is 1.06 bits per heavy atom. The fourth-order valence-corrected chi connectivity index (χ4v) is 4.58. The summed E-state index contributed by atoms with van der Waals surface area (Å²) in [6.45, 7) is 2.52. The highest BCUT2D eigenvalue weighted by Crippen LogP contribution is 2.28. The molecule has 0 spiro atoms. The normalized spacial score (nSPS) is 16.8. The lowest BCUT2D eigenvalue weighted by molar-refractivity contribution is 0.0798. The van der Waals surface area contributed by atoms with E-state index in [-0.39, 0.29) is 11.7 Å². The predicted molar refractivity (Wildman–Crippen MR) is 125 cm³/mol. The minimum absolute atomic E-state index is 0.00893. The Balaban J connectivity index is 1.30. The lowest BCUT2D eigenvalue weighted by Gasteiger charge is -2.31. The van der Waals surface area contributed by atoms with Gasteiger partial charge in [-0.05, 0) is 36.1 Å². The molecule has 0 radical (unpaired) electrons. The van der Waals surface area contributed by atoms with Crippen LogP contribution in [0.1, 0.15) is 29.0 Å². The average Bonchev–Trinajstić information content (AvgIpc) is 3.48. The third kappa shape index (κ3) is 4.14. The highest BCUT2D eigenvalue weighted by Gasteiger charge is 2.29. The molecule has 1 N–H and O–H groups in total. The fraction of sp³-hybridized carbons (Fsp3) is 0.269. The summed E-state index contributed by atoms with van der Waals surface area (Å²) in [5.74, 6) is 0.691. The molecule has 0 amide bonds. The van der Waals surface area contributed by atoms with Gasteiger partial charge in [-0.15, -0.1) is 0 Å². The van der Waals surface area contributed by atoms with Crippen LogP contribution >= 0.6 is 0 Å². The van der Waals surface area contributed by atoms with Crippen LogP contribution in [0.3, 0.4) is 0 Å². The molecule has 6 nitrogen and oxygen atoms in total. The molecule has 5 rings (SSSR count). The number of nitrogens with zero attached hydrogens (tertiary/aromatic N) is 4. The number of H-pyrrole nitrogens is 1. The zero-order valence-electron chi connectivity index (χ0n) is 18.2. The molecule has 2 aromatic heterocycles. The number of ketones is 1. The van der Waals surface area contributed by atoms with Gasteiger partial charge in [0.1, 0.15) is 0 Å². The molecule has 2 aromatic carbocycles. The summed E-state index contributed by atoms with van der Waals surface area (Å²) in [5.41, 5.74) is 5.72. The first kappa shape index (κ1) is 20.4. The summed E-state index contributed by atoms with van der Waals surface area (Å²) in [6.07, 6.45) is 7.36. The smallest absolute Gasteiger partial charge is 0.202 e. The molecule has 1 aliphatic heterocycles. The first-order chi connectivity index (χ1) is 15.7. The van der Waals surface area contributed by atoms with Crippen molar-refractivity contribution in [3.05, 3.63) is 84.6 Å². The summed E-state index contributed by atoms with van der Waals surface area (Å²) >= 11 is 0. The number of hydrogen-bond acceptors (Lipinski definition) is 4. The van der Waals surface area contributed by atoms with Crippen molar-refractivity contribution < 1.29 is 4.79 Å². The van der Waals surface area contributed by atoms with Gasteiger partial charge in [-0.2, -0.15) is 5.10 Å². The lowest BCUT2D eigenvalue weighted by Crippen LogP contribution is -2.38. The Kier molecular flexibility index (Phi) is 5.69. The second-order valence-corrected chi connectivity index (χ2v) is 8.51. The predicted octanol–water partition coefficient (Wildman–Crippen LogP) is 4.57. The van der Waals surface area contributed by atoms with Gasteiger partial charge in [-0.3, -0.25) is 14.8 Å². The van der Waals surface area contributed by atoms with Gasteiger partial charge < -0.3 is 4.57 Å². The van der Waals surface area contributed by atoms with Crippen molar-refractivity contribution in [1.82, 2.24) is 24.6 Å². The number of aromatic nitrogens is 4. The number of carbonyl (C=O) groups excluding carboxylic acids is 1. The zero-order valence-corrected chi connectivity index (χ0v) is 18.2. The van der Waals surface area contributed by atoms with E-state index in [0.29, 0.717) is 5.82 Å². The van der Waals surface area contributed by atoms with E-state index >= 15 is 0 Å². The van der Waals surface area contributed by atoms with E-state index < -0.39 is 0 Å². The van der Waals surface area contributed by atoms with Crippen LogP contribution in [0, 0.1) is 5.92 Å². The van der Waals surface area contributed by atoms with E-state index in [4.69, 9.17) is 0 Å². The third-order valence-electron chi connectivity index (χ3n) is 6.31. The second-order valence-electron chi connectivity index (χ2n) is 8.51. The van der Waals surface area contributed by atoms with E-state index in [0.717, 1.165) is 49.3 Å². The number of imidazole rings is 1. The molecule has 0 aliphatic carbocycles. The van der Waals surface area contributed by atoms with Crippen LogP contribution in [0.2, 0.25) is 0 Å². The zero-order chi connectivity index (χ0) is 21.9. The largest absolute Gasteiger partial charge is 0.332 e. The van der Waals surface area contributed by atoms with Gasteiger partial charge >= 0.3 is 0 Å². The van der Waals surface area contributed by atoms with Crippen molar-refractivity contribution in [2.45, 2.75) is 19.4 Å². The van der Waals surface area contributed by atoms with E-state index in [1.807, 2.05) is 30.1 Å². The molecule has 162 valence electrons. The maximum atomic E-state index is 12.9. The summed E-state index contributed by atoms with van der Waals surface area (Å²) in [5, 5.41) is 7.50. The first-order valence-corrected chi connectivity index (χ1v) is 11.1. The van der Waals surface area contributed by atoms with E-state index in [1.165, 1.54) is 11.1 Å². The number of rotatable bonds is 6. The maximum Gasteiger partial charge on any atom is 0.202 e. The molecule has 3 heterocycles. The van der Waals surface area contributed by atoms with Crippen LogP contribution in [0.15, 0.2) is 73.2 Å². The summed E-state index contributed by atoms with van der Waals surface area (Å²) < 4.78 is 1.81. The van der Waals surface area contributed by atoms with E-state index in [2.05, 4.69) is 68.6 Å². The number of piperidine rings is 1. The van der Waals surface area contributed by atoms with Crippen LogP contribution in [0.4, 0.5) is 0 Å². The summed E-state index contributed by atoms with van der Waals surface area (Å²) in [7, 11) is 1.88.